The van der Waals surface area contributed by atoms with E-state index in [2.05, 4.69) is 174 Å². The zero-order valence-corrected chi connectivity index (χ0v) is 40.3. The number of imidazole rings is 4. The van der Waals surface area contributed by atoms with Crippen LogP contribution in [0.25, 0.3) is 154 Å². The molecule has 12 nitrogen and oxygen atoms in total. The van der Waals surface area contributed by atoms with Gasteiger partial charge in [0.25, 0.3) is 0 Å². The molecule has 1 aliphatic carbocycles. The van der Waals surface area contributed by atoms with Crippen molar-refractivity contribution in [3.05, 3.63) is 220 Å². The summed E-state index contributed by atoms with van der Waals surface area (Å²) in [7, 11) is 0. The predicted molar refractivity (Wildman–Crippen MR) is 303 cm³/mol. The van der Waals surface area contributed by atoms with Crippen molar-refractivity contribution in [1.82, 2.24) is 58.1 Å². The summed E-state index contributed by atoms with van der Waals surface area (Å²) in [6.07, 6.45) is 22.9. The molecule has 8 heterocycles. The largest absolute Gasteiger partial charge is 0.351 e. The fourth-order valence-corrected chi connectivity index (χ4v) is 12.1. The van der Waals surface area contributed by atoms with Crippen LogP contribution >= 0.6 is 0 Å². The minimum Gasteiger partial charge on any atom is -0.351 e. The van der Waals surface area contributed by atoms with E-state index in [0.717, 1.165) is 154 Å². The Labute approximate surface area is 431 Å². The van der Waals surface area contributed by atoms with E-state index in [1.54, 1.807) is 0 Å². The molecule has 0 spiro atoms. The zero-order valence-electron chi connectivity index (χ0n) is 40.3. The Hall–Kier alpha value is -10.7. The van der Waals surface area contributed by atoms with Gasteiger partial charge in [0.05, 0.1) is 92.9 Å². The Bertz CT molecular complexity index is 4470. The van der Waals surface area contributed by atoms with Gasteiger partial charge in [-0.05, 0) is 91.6 Å². The number of hydrogen-bond acceptors (Lipinski definition) is 6. The molecule has 12 heteroatoms. The van der Waals surface area contributed by atoms with Gasteiger partial charge in [0, 0.05) is 93.4 Å². The van der Waals surface area contributed by atoms with E-state index in [0.29, 0.717) is 0 Å². The first kappa shape index (κ1) is 40.8. The molecule has 0 amide bonds. The predicted octanol–water partition coefficient (Wildman–Crippen LogP) is 14.6. The van der Waals surface area contributed by atoms with Crippen LogP contribution in [0.4, 0.5) is 0 Å². The van der Waals surface area contributed by atoms with Crippen LogP contribution < -0.4 is 0 Å². The summed E-state index contributed by atoms with van der Waals surface area (Å²) < 4.78 is 8.40. The molecule has 0 fully saturated rings. The minimum atomic E-state index is 0.781. The Morgan fingerprint density at radius 3 is 0.711 bits per heavy atom. The van der Waals surface area contributed by atoms with Crippen molar-refractivity contribution in [1.29, 1.82) is 0 Å². The molecule has 76 heavy (non-hydrogen) atoms. The third-order valence-electron chi connectivity index (χ3n) is 15.5. The van der Waals surface area contributed by atoms with Crippen LogP contribution in [0.3, 0.4) is 0 Å². The summed E-state index contributed by atoms with van der Waals surface area (Å²) in [5.74, 6) is 0. The molecule has 0 radical (unpaired) electrons. The molecule has 354 valence electrons. The van der Waals surface area contributed by atoms with Crippen molar-refractivity contribution < 1.29 is 0 Å². The van der Waals surface area contributed by atoms with Crippen molar-refractivity contribution in [3.63, 3.8) is 0 Å². The number of nitrogens with zero attached hydrogens (tertiary/aromatic N) is 10. The van der Waals surface area contributed by atoms with E-state index in [-0.39, 0.29) is 0 Å². The number of aromatic nitrogens is 12. The first-order valence-electron chi connectivity index (χ1n) is 25.2. The number of H-pyrrole nitrogens is 2. The third kappa shape index (κ3) is 5.82. The maximum atomic E-state index is 5.98. The molecule has 17 rings (SSSR count). The molecule has 2 aliphatic heterocycles. The number of benzene rings is 8. The molecule has 8 aromatic carbocycles. The molecule has 0 unspecified atom stereocenters. The van der Waals surface area contributed by atoms with Crippen LogP contribution in [0.5, 0.6) is 0 Å². The van der Waals surface area contributed by atoms with E-state index >= 15 is 0 Å². The second-order valence-electron chi connectivity index (χ2n) is 19.6. The van der Waals surface area contributed by atoms with E-state index in [1.807, 2.05) is 74.9 Å². The van der Waals surface area contributed by atoms with Crippen LogP contribution in [0, 0.1) is 0 Å². The van der Waals surface area contributed by atoms with Gasteiger partial charge in [-0.3, -0.25) is 0 Å². The molecular weight excluding hydrogens is 937 g/mol. The highest BCUT2D eigenvalue weighted by atomic mass is 15.1. The molecule has 0 saturated heterocycles. The minimum absolute atomic E-state index is 0.781. The van der Waals surface area contributed by atoms with E-state index in [1.165, 1.54) is 0 Å². The van der Waals surface area contributed by atoms with Crippen LogP contribution in [0.2, 0.25) is 0 Å². The topological polar surface area (TPSA) is 129 Å². The van der Waals surface area contributed by atoms with Gasteiger partial charge in [0.15, 0.2) is 0 Å². The maximum absolute atomic E-state index is 5.98. The third-order valence-corrected chi connectivity index (χ3v) is 15.5. The lowest BCUT2D eigenvalue weighted by molar-refractivity contribution is 1.04. The zero-order chi connectivity index (χ0) is 49.6. The quantitative estimate of drug-likeness (QED) is 0.181. The van der Waals surface area contributed by atoms with Gasteiger partial charge >= 0.3 is 0 Å². The second kappa shape index (κ2) is 15.4. The number of rotatable bonds is 4. The van der Waals surface area contributed by atoms with Crippen molar-refractivity contribution in [2.24, 2.45) is 0 Å². The Kier molecular flexibility index (Phi) is 8.27. The van der Waals surface area contributed by atoms with E-state index in [4.69, 9.17) is 29.9 Å². The average molecular weight is 975 g/mol. The molecule has 2 N–H and O–H groups in total. The average Bonchev–Trinajstić information content (AvgIpc) is 4.32. The summed E-state index contributed by atoms with van der Waals surface area (Å²) >= 11 is 0. The molecule has 8 bridgehead atoms. The van der Waals surface area contributed by atoms with Gasteiger partial charge in [0.1, 0.15) is 0 Å². The summed E-state index contributed by atoms with van der Waals surface area (Å²) in [6, 6.07) is 52.6. The fourth-order valence-electron chi connectivity index (χ4n) is 12.1. The van der Waals surface area contributed by atoms with Gasteiger partial charge in [-0.15, -0.1) is 0 Å². The molecule has 0 atom stereocenters. The number of aromatic amines is 2. The lowest BCUT2D eigenvalue weighted by Gasteiger charge is -2.11. The highest BCUT2D eigenvalue weighted by Crippen LogP contribution is 2.50. The monoisotopic (exact) mass is 974 g/mol. The highest BCUT2D eigenvalue weighted by molar-refractivity contribution is 6.21. The summed E-state index contributed by atoms with van der Waals surface area (Å²) in [5.41, 5.74) is 13.9. The number of fused-ring (bicyclic) bond motifs is 4. The van der Waals surface area contributed by atoms with Crippen LogP contribution in [-0.4, -0.2) is 58.1 Å². The Balaban J connectivity index is 1.22. The van der Waals surface area contributed by atoms with Crippen molar-refractivity contribution >= 4 is 86.7 Å². The molecule has 3 aliphatic rings. The van der Waals surface area contributed by atoms with Crippen LogP contribution in [0.15, 0.2) is 220 Å². The summed E-state index contributed by atoms with van der Waals surface area (Å²) in [6.45, 7) is 0. The summed E-state index contributed by atoms with van der Waals surface area (Å²) in [5, 5.41) is 12.9. The highest BCUT2D eigenvalue weighted by Gasteiger charge is 2.31. The lowest BCUT2D eigenvalue weighted by Crippen LogP contribution is -1.97. The molecular formula is C64H38N12. The fraction of sp³-hybridized carbons (Fsp3) is 0. The second-order valence-corrected chi connectivity index (χ2v) is 19.6. The smallest absolute Gasteiger partial charge is 0.0993 e. The standard InChI is InChI=1S/C64H38N12/c1-2-10-38-26-46-45(25-37(38)9-1)53-61(73-21-17-65-33-73)55-47-27-39-11-3-4-12-40(39)28-48(47)57(70-55)63(75-23-19-67-35-75)59-51-31-43-15-7-8-16-44(43)32-52(51)60(72-59)64(76-24-20-68-36-76)58-50-30-42-14-6-5-13-41(42)29-49(50)56(71-58)62(54(46)69-53)74-22-18-66-34-74/h1-36,69,72H. The molecule has 0 saturated carbocycles. The van der Waals surface area contributed by atoms with Crippen molar-refractivity contribution in [3.8, 4) is 67.8 Å². The first-order valence-corrected chi connectivity index (χ1v) is 25.2. The molecule has 14 aromatic rings. The van der Waals surface area contributed by atoms with Gasteiger partial charge < -0.3 is 28.2 Å². The normalized spacial score (nSPS) is 12.2. The van der Waals surface area contributed by atoms with Gasteiger partial charge in [-0.1, -0.05) is 97.1 Å². The van der Waals surface area contributed by atoms with Gasteiger partial charge in [0.2, 0.25) is 0 Å². The van der Waals surface area contributed by atoms with Gasteiger partial charge in [-0.2, -0.15) is 0 Å². The summed E-state index contributed by atoms with van der Waals surface area (Å²) in [4.78, 5) is 39.1. The SMILES string of the molecule is c1ccc2cc3c(cc2c1)-c1nc-3c(-n2ccnc2)c2[nH]c(c(-n3ccnc3)c3nc(c(-n4ccnc4)c4[nH]c(c1-n1ccnc1)c1cc5ccccc5cc41)-c1cc4ccccc4cc1-3)c1cc3ccccc3cc21. The number of nitrogens with one attached hydrogen (secondary N) is 2. The maximum Gasteiger partial charge on any atom is 0.0993 e. The van der Waals surface area contributed by atoms with Crippen molar-refractivity contribution in [2.45, 2.75) is 0 Å². The Morgan fingerprint density at radius 1 is 0.276 bits per heavy atom. The number of hydrogen-bond donors (Lipinski definition) is 2. The van der Waals surface area contributed by atoms with E-state index < -0.39 is 0 Å². The Morgan fingerprint density at radius 2 is 0.500 bits per heavy atom. The molecule has 6 aromatic heterocycles. The van der Waals surface area contributed by atoms with Crippen LogP contribution in [-0.2, 0) is 0 Å². The van der Waals surface area contributed by atoms with E-state index in [9.17, 15) is 0 Å². The van der Waals surface area contributed by atoms with Crippen LogP contribution in [0.1, 0.15) is 0 Å². The lowest BCUT2D eigenvalue weighted by atomic mass is 9.96. The van der Waals surface area contributed by atoms with Gasteiger partial charge in [-0.25, -0.2) is 29.9 Å². The first-order chi connectivity index (χ1) is 37.7. The van der Waals surface area contributed by atoms with Crippen molar-refractivity contribution in [2.75, 3.05) is 0 Å².